The summed E-state index contributed by atoms with van der Waals surface area (Å²) in [6.07, 6.45) is 3.85. The lowest BCUT2D eigenvalue weighted by Crippen LogP contribution is -2.61. The fourth-order valence-corrected chi connectivity index (χ4v) is 12.7. The second kappa shape index (κ2) is 40.7. The van der Waals surface area contributed by atoms with E-state index in [9.17, 15) is 57.5 Å². The maximum atomic E-state index is 15.0. The van der Waals surface area contributed by atoms with Gasteiger partial charge in [-0.3, -0.25) is 67.3 Å². The van der Waals surface area contributed by atoms with Crippen molar-refractivity contribution in [3.05, 3.63) is 71.8 Å². The topological polar surface area (TPSA) is 510 Å². The first kappa shape index (κ1) is 79.8. The van der Waals surface area contributed by atoms with Gasteiger partial charge in [-0.05, 0) is 132 Å². The molecule has 5 rings (SSSR count). The van der Waals surface area contributed by atoms with E-state index in [1.54, 1.807) is 60.7 Å². The van der Waals surface area contributed by atoms with E-state index in [2.05, 4.69) is 42.2 Å². The van der Waals surface area contributed by atoms with Gasteiger partial charge in [0.1, 0.15) is 60.4 Å². The van der Waals surface area contributed by atoms with Crippen LogP contribution in [-0.4, -0.2) is 209 Å². The molecule has 0 spiro atoms. The van der Waals surface area contributed by atoms with E-state index in [1.807, 2.05) is 20.1 Å². The molecule has 3 aliphatic heterocycles. The van der Waals surface area contributed by atoms with E-state index >= 15 is 4.79 Å². The summed E-state index contributed by atoms with van der Waals surface area (Å²) >= 11 is 1.47. The number of aliphatic imine (C=N–C) groups is 1. The van der Waals surface area contributed by atoms with Gasteiger partial charge in [0.05, 0.1) is 6.04 Å². The van der Waals surface area contributed by atoms with E-state index in [4.69, 9.17) is 40.1 Å². The Balaban J connectivity index is 1.37. The van der Waals surface area contributed by atoms with Gasteiger partial charge in [0.2, 0.25) is 76.8 Å². The molecular formula is C66H102N18O13S. The Labute approximate surface area is 576 Å². The molecule has 3 aliphatic rings. The van der Waals surface area contributed by atoms with Crippen LogP contribution < -0.4 is 77.4 Å². The van der Waals surface area contributed by atoms with Crippen LogP contribution in [0.15, 0.2) is 65.7 Å². The van der Waals surface area contributed by atoms with Gasteiger partial charge < -0.3 is 92.1 Å². The molecule has 2 aromatic carbocycles. The van der Waals surface area contributed by atoms with Crippen LogP contribution in [0.5, 0.6) is 0 Å². The van der Waals surface area contributed by atoms with E-state index in [1.165, 1.54) is 26.5 Å². The number of nitrogens with zero attached hydrogens (tertiary/aromatic N) is 4. The number of carbonyl (C=O) groups excluding carboxylic acids is 13. The lowest BCUT2D eigenvalue weighted by molar-refractivity contribution is -0.144. The number of rotatable bonds is 41. The summed E-state index contributed by atoms with van der Waals surface area (Å²) in [6.45, 7) is 4.69. The Kier molecular flexibility index (Phi) is 33.1. The first-order valence-electron chi connectivity index (χ1n) is 33.7. The Morgan fingerprint density at radius 1 is 0.490 bits per heavy atom. The van der Waals surface area contributed by atoms with Crippen molar-refractivity contribution in [2.45, 2.75) is 202 Å². The van der Waals surface area contributed by atoms with Crippen molar-refractivity contribution in [1.29, 1.82) is 0 Å². The first-order chi connectivity index (χ1) is 46.7. The van der Waals surface area contributed by atoms with Crippen molar-refractivity contribution in [2.75, 3.05) is 44.7 Å². The van der Waals surface area contributed by atoms with Crippen molar-refractivity contribution in [2.24, 2.45) is 51.0 Å². The average molecular weight is 1390 g/mol. The normalized spacial score (nSPS) is 18.3. The minimum Gasteiger partial charge on any atom is -0.370 e. The summed E-state index contributed by atoms with van der Waals surface area (Å²) in [6, 6.07) is 3.77. The number of carbonyl (C=O) groups is 13. The summed E-state index contributed by atoms with van der Waals surface area (Å²) in [5.41, 5.74) is 40.9. The highest BCUT2D eigenvalue weighted by molar-refractivity contribution is 7.98. The molecule has 13 amide bonds. The number of unbranched alkanes of at least 4 members (excludes halogenated alkanes) is 1. The van der Waals surface area contributed by atoms with Crippen molar-refractivity contribution < 1.29 is 62.3 Å². The number of primary amides is 3. The molecule has 0 saturated carbocycles. The summed E-state index contributed by atoms with van der Waals surface area (Å²) in [5.74, 6) is -9.34. The van der Waals surface area contributed by atoms with Gasteiger partial charge in [-0.25, -0.2) is 0 Å². The Hall–Kier alpha value is -8.91. The van der Waals surface area contributed by atoms with Crippen molar-refractivity contribution in [3.8, 4) is 0 Å². The third kappa shape index (κ3) is 25.5. The van der Waals surface area contributed by atoms with Crippen LogP contribution >= 0.6 is 11.8 Å². The molecule has 21 N–H and O–H groups in total. The maximum Gasteiger partial charge on any atom is 0.246 e. The molecule has 0 aliphatic carbocycles. The monoisotopic (exact) mass is 1390 g/mol. The molecule has 0 radical (unpaired) electrons. The van der Waals surface area contributed by atoms with Gasteiger partial charge in [-0.1, -0.05) is 74.5 Å². The van der Waals surface area contributed by atoms with E-state index in [-0.39, 0.29) is 96.0 Å². The summed E-state index contributed by atoms with van der Waals surface area (Å²) in [7, 11) is 0. The fourth-order valence-electron chi connectivity index (χ4n) is 12.3. The van der Waals surface area contributed by atoms with E-state index in [0.29, 0.717) is 61.8 Å². The Morgan fingerprint density at radius 2 is 0.908 bits per heavy atom. The van der Waals surface area contributed by atoms with Crippen LogP contribution in [0.25, 0.3) is 0 Å². The molecule has 32 heteroatoms. The second-order valence-corrected chi connectivity index (χ2v) is 26.5. The molecular weight excluding hydrogens is 1280 g/mol. The molecule has 0 aromatic heterocycles. The highest BCUT2D eigenvalue weighted by Crippen LogP contribution is 2.25. The van der Waals surface area contributed by atoms with Crippen LogP contribution in [0.3, 0.4) is 0 Å². The average Bonchev–Trinajstić information content (AvgIpc) is 1.60. The second-order valence-electron chi connectivity index (χ2n) is 25.5. The number of nitrogens with one attached hydrogen (secondary N) is 7. The molecule has 98 heavy (non-hydrogen) atoms. The van der Waals surface area contributed by atoms with Crippen molar-refractivity contribution in [3.63, 3.8) is 0 Å². The molecule has 3 heterocycles. The minimum atomic E-state index is -1.64. The Bertz CT molecular complexity index is 3090. The number of likely N-dealkylation sites (tertiary alicyclic amines) is 3. The lowest BCUT2D eigenvalue weighted by Gasteiger charge is -2.32. The highest BCUT2D eigenvalue weighted by atomic mass is 32.2. The maximum absolute atomic E-state index is 15.0. The third-order valence-electron chi connectivity index (χ3n) is 17.4. The van der Waals surface area contributed by atoms with Gasteiger partial charge in [-0.2, -0.15) is 11.8 Å². The number of benzene rings is 2. The number of guanidine groups is 1. The van der Waals surface area contributed by atoms with Crippen molar-refractivity contribution in [1.82, 2.24) is 51.9 Å². The van der Waals surface area contributed by atoms with Gasteiger partial charge in [-0.15, -0.1) is 0 Å². The van der Waals surface area contributed by atoms with Gasteiger partial charge in [0.15, 0.2) is 5.96 Å². The van der Waals surface area contributed by atoms with Crippen LogP contribution in [0.1, 0.15) is 134 Å². The number of hydrogen-bond acceptors (Lipinski definition) is 17. The van der Waals surface area contributed by atoms with Crippen LogP contribution in [-0.2, 0) is 75.2 Å². The van der Waals surface area contributed by atoms with Crippen molar-refractivity contribution >= 4 is 94.5 Å². The zero-order chi connectivity index (χ0) is 72.0. The molecule has 11 atom stereocenters. The largest absolute Gasteiger partial charge is 0.370 e. The van der Waals surface area contributed by atoms with E-state index < -0.39 is 169 Å². The number of nitrogens with two attached hydrogens (primary N) is 7. The zero-order valence-electron chi connectivity index (χ0n) is 56.4. The number of amides is 13. The smallest absolute Gasteiger partial charge is 0.246 e. The van der Waals surface area contributed by atoms with E-state index in [0.717, 1.165) is 0 Å². The third-order valence-corrected chi connectivity index (χ3v) is 18.1. The number of thioether (sulfide) groups is 1. The molecule has 0 bridgehead atoms. The zero-order valence-corrected chi connectivity index (χ0v) is 57.2. The quantitative estimate of drug-likeness (QED) is 0.0181. The standard InChI is InChI=1S/C66H102N18O13S/c1-39(2)36-47(58(90)75-43(55(71)87)29-35-98-3)80-62(94)52-24-15-34-84(52)65(97)49(38-41-18-8-5-9-19-41)81-59(91)48(37-40-16-6-4-7-17-40)79-57(89)44(25-27-53(69)85)76-56(88)45(26-28-54(70)86)77-60(92)51-23-14-33-83(51)64(96)46(21-10-11-30-67)78-61(93)50-22-13-32-82(50)63(95)42(68)20-12-31-74-66(72)73/h4-9,16-19,39,42-52H,10-15,20-38,67-68H2,1-3H3,(H2,69,85)(H2,70,86)(H2,71,87)(H,75,90)(H,76,88)(H,77,92)(H,78,93)(H,79,89)(H,80,94)(H,81,91)(H4,72,73,74)/t42-,43-,44-,45-,46-,47-,48-,49-,50-,51-,52-/m0/s1. The SMILES string of the molecule is CSCC[C@H](NC(=O)[C@H](CC(C)C)NC(=O)[C@@H]1CCCN1C(=O)[C@H](Cc1ccccc1)NC(=O)[C@H](Cc1ccccc1)NC(=O)[C@H](CCC(N)=O)NC(=O)[C@H](CCC(N)=O)NC(=O)[C@@H]1CCCN1C(=O)[C@H](CCCCN)NC(=O)[C@@H]1CCCN1C(=O)[C@@H](N)CCCN=C(N)N)C(N)=O. The molecule has 540 valence electrons. The number of hydrogen-bond donors (Lipinski definition) is 14. The van der Waals surface area contributed by atoms with Gasteiger partial charge >= 0.3 is 0 Å². The summed E-state index contributed by atoms with van der Waals surface area (Å²) < 4.78 is 0. The molecule has 0 unspecified atom stereocenters. The molecule has 2 aromatic rings. The highest BCUT2D eigenvalue weighted by Gasteiger charge is 2.44. The fraction of sp³-hybridized carbons (Fsp3) is 0.606. The minimum absolute atomic E-state index is 0.0759. The first-order valence-corrected chi connectivity index (χ1v) is 35.1. The van der Waals surface area contributed by atoms with Crippen LogP contribution in [0.4, 0.5) is 0 Å². The lowest BCUT2D eigenvalue weighted by atomic mass is 10.0. The molecule has 3 saturated heterocycles. The van der Waals surface area contributed by atoms with Crippen LogP contribution in [0.2, 0.25) is 0 Å². The molecule has 3 fully saturated rings. The predicted molar refractivity (Wildman–Crippen MR) is 367 cm³/mol. The van der Waals surface area contributed by atoms with Gasteiger partial charge in [0, 0.05) is 51.9 Å². The van der Waals surface area contributed by atoms with Crippen LogP contribution in [0, 0.1) is 5.92 Å². The predicted octanol–water partition coefficient (Wildman–Crippen LogP) is -2.84. The molecule has 31 nitrogen and oxygen atoms in total. The summed E-state index contributed by atoms with van der Waals surface area (Å²) in [4.78, 5) is 189. The van der Waals surface area contributed by atoms with Gasteiger partial charge in [0.25, 0.3) is 0 Å². The summed E-state index contributed by atoms with van der Waals surface area (Å²) in [5, 5.41) is 19.1. The Morgan fingerprint density at radius 3 is 1.38 bits per heavy atom.